The molecule has 1 saturated heterocycles. The highest BCUT2D eigenvalue weighted by atomic mass is 32.1. The number of amides is 1. The maximum absolute atomic E-state index is 12.9. The third-order valence-corrected chi connectivity index (χ3v) is 4.97. The summed E-state index contributed by atoms with van der Waals surface area (Å²) in [5, 5.41) is 4.07. The lowest BCUT2D eigenvalue weighted by atomic mass is 10.1. The molecule has 0 aromatic carbocycles. The Kier molecular flexibility index (Phi) is 4.56. The highest BCUT2D eigenvalue weighted by molar-refractivity contribution is 7.08. The maximum Gasteiger partial charge on any atom is 0.268 e. The topological polar surface area (TPSA) is 62.2 Å². The molecule has 0 N–H and O–H groups in total. The summed E-state index contributed by atoms with van der Waals surface area (Å²) >= 11 is 1.20. The SMILES string of the molecule is CCc1nnsc1C(=O)N1CCC[C@@H]1c1ccnc(N(C)C)c1. The summed E-state index contributed by atoms with van der Waals surface area (Å²) in [5.74, 6) is 0.970. The fourth-order valence-electron chi connectivity index (χ4n) is 2.98. The number of carbonyl (C=O) groups excluding carboxylic acids is 1. The lowest BCUT2D eigenvalue weighted by molar-refractivity contribution is 0.0739. The van der Waals surface area contributed by atoms with Crippen LogP contribution in [0, 0.1) is 0 Å². The van der Waals surface area contributed by atoms with Crippen LogP contribution in [0.3, 0.4) is 0 Å². The summed E-state index contributed by atoms with van der Waals surface area (Å²) in [6, 6.07) is 4.19. The van der Waals surface area contributed by atoms with Gasteiger partial charge in [0.2, 0.25) is 0 Å². The molecule has 6 nitrogen and oxygen atoms in total. The number of anilines is 1. The molecular formula is C16H21N5OS. The molecule has 3 heterocycles. The zero-order valence-corrected chi connectivity index (χ0v) is 14.5. The van der Waals surface area contributed by atoms with Gasteiger partial charge in [-0.15, -0.1) is 5.10 Å². The van der Waals surface area contributed by atoms with E-state index in [1.807, 2.05) is 43.1 Å². The number of pyridine rings is 1. The summed E-state index contributed by atoms with van der Waals surface area (Å²) in [7, 11) is 3.94. The van der Waals surface area contributed by atoms with Crippen molar-refractivity contribution in [2.45, 2.75) is 32.2 Å². The standard InChI is InChI=1S/C16H21N5OS/c1-4-12-15(23-19-18-12)16(22)21-9-5-6-13(21)11-7-8-17-14(10-11)20(2)3/h7-8,10,13H,4-6,9H2,1-3H3/t13-/m1/s1. The van der Waals surface area contributed by atoms with Crippen molar-refractivity contribution in [3.8, 4) is 0 Å². The molecule has 0 unspecified atom stereocenters. The molecule has 0 radical (unpaired) electrons. The maximum atomic E-state index is 12.9. The van der Waals surface area contributed by atoms with E-state index in [0.717, 1.165) is 42.9 Å². The average molecular weight is 331 g/mol. The first kappa shape index (κ1) is 15.9. The van der Waals surface area contributed by atoms with Crippen molar-refractivity contribution in [2.75, 3.05) is 25.5 Å². The molecule has 1 fully saturated rings. The lowest BCUT2D eigenvalue weighted by Gasteiger charge is -2.25. The first-order chi connectivity index (χ1) is 11.1. The number of aryl methyl sites for hydroxylation is 1. The second-order valence-corrected chi connectivity index (χ2v) is 6.65. The van der Waals surface area contributed by atoms with E-state index >= 15 is 0 Å². The van der Waals surface area contributed by atoms with Gasteiger partial charge >= 0.3 is 0 Å². The normalized spacial score (nSPS) is 17.5. The first-order valence-corrected chi connectivity index (χ1v) is 8.64. The van der Waals surface area contributed by atoms with Crippen molar-refractivity contribution in [1.29, 1.82) is 0 Å². The van der Waals surface area contributed by atoms with E-state index < -0.39 is 0 Å². The van der Waals surface area contributed by atoms with Gasteiger partial charge in [0.25, 0.3) is 5.91 Å². The van der Waals surface area contributed by atoms with Gasteiger partial charge < -0.3 is 9.80 Å². The fourth-order valence-corrected chi connectivity index (χ4v) is 3.68. The predicted molar refractivity (Wildman–Crippen MR) is 90.9 cm³/mol. The molecule has 0 spiro atoms. The van der Waals surface area contributed by atoms with Gasteiger partial charge in [0.05, 0.1) is 11.7 Å². The van der Waals surface area contributed by atoms with Crippen molar-refractivity contribution >= 4 is 23.3 Å². The van der Waals surface area contributed by atoms with E-state index in [4.69, 9.17) is 0 Å². The van der Waals surface area contributed by atoms with Gasteiger partial charge in [0.15, 0.2) is 0 Å². The lowest BCUT2D eigenvalue weighted by Crippen LogP contribution is -2.30. The van der Waals surface area contributed by atoms with Crippen LogP contribution in [0.4, 0.5) is 5.82 Å². The van der Waals surface area contributed by atoms with Crippen molar-refractivity contribution in [3.63, 3.8) is 0 Å². The van der Waals surface area contributed by atoms with Crippen LogP contribution < -0.4 is 4.90 Å². The fraction of sp³-hybridized carbons (Fsp3) is 0.500. The Labute approximate surface area is 140 Å². The first-order valence-electron chi connectivity index (χ1n) is 7.87. The molecule has 0 bridgehead atoms. The quantitative estimate of drug-likeness (QED) is 0.861. The van der Waals surface area contributed by atoms with Crippen LogP contribution in [0.1, 0.15) is 46.7 Å². The monoisotopic (exact) mass is 331 g/mol. The Hall–Kier alpha value is -2.02. The van der Waals surface area contributed by atoms with Gasteiger partial charge in [-0.3, -0.25) is 4.79 Å². The van der Waals surface area contributed by atoms with Crippen LogP contribution in [0.15, 0.2) is 18.3 Å². The minimum atomic E-state index is 0.0579. The zero-order chi connectivity index (χ0) is 16.4. The van der Waals surface area contributed by atoms with Crippen LogP contribution in [-0.2, 0) is 6.42 Å². The van der Waals surface area contributed by atoms with Gasteiger partial charge in [0.1, 0.15) is 10.7 Å². The minimum Gasteiger partial charge on any atom is -0.363 e. The molecule has 0 saturated carbocycles. The van der Waals surface area contributed by atoms with Crippen molar-refractivity contribution < 1.29 is 4.79 Å². The second kappa shape index (κ2) is 6.62. The molecule has 2 aromatic heterocycles. The summed E-state index contributed by atoms with van der Waals surface area (Å²) < 4.78 is 3.95. The van der Waals surface area contributed by atoms with E-state index in [9.17, 15) is 4.79 Å². The Morgan fingerprint density at radius 2 is 2.30 bits per heavy atom. The Balaban J connectivity index is 1.88. The minimum absolute atomic E-state index is 0.0579. The van der Waals surface area contributed by atoms with Gasteiger partial charge in [-0.1, -0.05) is 11.4 Å². The number of carbonyl (C=O) groups is 1. The van der Waals surface area contributed by atoms with Crippen molar-refractivity contribution in [2.24, 2.45) is 0 Å². The van der Waals surface area contributed by atoms with E-state index in [1.54, 1.807) is 0 Å². The average Bonchev–Trinajstić information content (AvgIpc) is 3.23. The molecule has 3 rings (SSSR count). The number of hydrogen-bond acceptors (Lipinski definition) is 6. The molecule has 122 valence electrons. The molecule has 23 heavy (non-hydrogen) atoms. The van der Waals surface area contributed by atoms with Crippen LogP contribution in [-0.4, -0.2) is 46.0 Å². The third kappa shape index (κ3) is 3.06. The van der Waals surface area contributed by atoms with E-state index in [-0.39, 0.29) is 11.9 Å². The van der Waals surface area contributed by atoms with Gasteiger partial charge in [-0.25, -0.2) is 4.98 Å². The largest absolute Gasteiger partial charge is 0.363 e. The molecule has 1 aliphatic rings. The van der Waals surface area contributed by atoms with Gasteiger partial charge in [-0.2, -0.15) is 0 Å². The van der Waals surface area contributed by atoms with E-state index in [1.165, 1.54) is 11.5 Å². The molecule has 1 aliphatic heterocycles. The van der Waals surface area contributed by atoms with Gasteiger partial charge in [-0.05, 0) is 48.5 Å². The van der Waals surface area contributed by atoms with Gasteiger partial charge in [0, 0.05) is 26.8 Å². The Morgan fingerprint density at radius 3 is 3.04 bits per heavy atom. The van der Waals surface area contributed by atoms with E-state index in [2.05, 4.69) is 20.6 Å². The summed E-state index contributed by atoms with van der Waals surface area (Å²) in [5.41, 5.74) is 1.94. The zero-order valence-electron chi connectivity index (χ0n) is 13.7. The summed E-state index contributed by atoms with van der Waals surface area (Å²) in [4.78, 5) is 21.9. The van der Waals surface area contributed by atoms with Crippen LogP contribution in [0.2, 0.25) is 0 Å². The van der Waals surface area contributed by atoms with Crippen molar-refractivity contribution in [3.05, 3.63) is 34.5 Å². The summed E-state index contributed by atoms with van der Waals surface area (Å²) in [6.45, 7) is 2.78. The highest BCUT2D eigenvalue weighted by Gasteiger charge is 2.33. The van der Waals surface area contributed by atoms with Crippen molar-refractivity contribution in [1.82, 2.24) is 19.5 Å². The second-order valence-electron chi connectivity index (χ2n) is 5.90. The smallest absolute Gasteiger partial charge is 0.268 e. The van der Waals surface area contributed by atoms with Crippen LogP contribution >= 0.6 is 11.5 Å². The molecule has 2 aromatic rings. The van der Waals surface area contributed by atoms with Crippen LogP contribution in [0.25, 0.3) is 0 Å². The highest BCUT2D eigenvalue weighted by Crippen LogP contribution is 2.34. The molecule has 7 heteroatoms. The number of hydrogen-bond donors (Lipinski definition) is 0. The van der Waals surface area contributed by atoms with Crippen LogP contribution in [0.5, 0.6) is 0 Å². The summed E-state index contributed by atoms with van der Waals surface area (Å²) in [6.07, 6.45) is 4.55. The molecule has 1 atom stereocenters. The third-order valence-electron chi connectivity index (χ3n) is 4.21. The number of rotatable bonds is 4. The Bertz CT molecular complexity index is 699. The molecule has 0 aliphatic carbocycles. The van der Waals surface area contributed by atoms with E-state index in [0.29, 0.717) is 4.88 Å². The number of nitrogens with zero attached hydrogens (tertiary/aromatic N) is 5. The number of aromatic nitrogens is 3. The molecule has 1 amide bonds. The molecular weight excluding hydrogens is 310 g/mol. The number of likely N-dealkylation sites (tertiary alicyclic amines) is 1. The predicted octanol–water partition coefficient (Wildman–Crippen LogP) is 2.54. The Morgan fingerprint density at radius 1 is 1.48 bits per heavy atom.